The van der Waals surface area contributed by atoms with Crippen LogP contribution >= 0.6 is 0 Å². The van der Waals surface area contributed by atoms with Crippen LogP contribution in [0.5, 0.6) is 11.5 Å². The minimum absolute atomic E-state index is 0.137. The normalized spacial score (nSPS) is 11.8. The molecule has 0 aromatic heterocycles. The van der Waals surface area contributed by atoms with Crippen molar-refractivity contribution >= 4 is 5.91 Å². The van der Waals surface area contributed by atoms with Gasteiger partial charge in [-0.15, -0.1) is 0 Å². The maximum Gasteiger partial charge on any atom is 0.255 e. The van der Waals surface area contributed by atoms with E-state index >= 15 is 0 Å². The van der Waals surface area contributed by atoms with E-state index in [2.05, 4.69) is 5.32 Å². The summed E-state index contributed by atoms with van der Waals surface area (Å²) < 4.78 is 10.3. The molecule has 0 aliphatic rings. The van der Waals surface area contributed by atoms with Crippen LogP contribution in [0.2, 0.25) is 0 Å². The molecular weight excluding hydrogens is 218 g/mol. The van der Waals surface area contributed by atoms with Crippen LogP contribution in [-0.2, 0) is 0 Å². The summed E-state index contributed by atoms with van der Waals surface area (Å²) in [5, 5.41) is 2.90. The van der Waals surface area contributed by atoms with Gasteiger partial charge in [-0.1, -0.05) is 6.92 Å². The van der Waals surface area contributed by atoms with Crippen LogP contribution < -0.4 is 14.8 Å². The van der Waals surface area contributed by atoms with Crippen molar-refractivity contribution in [2.75, 3.05) is 14.2 Å². The van der Waals surface area contributed by atoms with Crippen LogP contribution in [0.15, 0.2) is 18.2 Å². The molecule has 1 aromatic rings. The van der Waals surface area contributed by atoms with Gasteiger partial charge in [0.2, 0.25) is 0 Å². The number of benzene rings is 1. The second kappa shape index (κ2) is 6.13. The SMILES string of the molecule is CCC(C)NC(=O)c1cc(OC)ccc1OC. The Bertz CT molecular complexity index is 390. The number of carbonyl (C=O) groups is 1. The smallest absolute Gasteiger partial charge is 0.255 e. The number of nitrogens with one attached hydrogen (secondary N) is 1. The number of hydrogen-bond acceptors (Lipinski definition) is 3. The quantitative estimate of drug-likeness (QED) is 0.854. The molecule has 17 heavy (non-hydrogen) atoms. The standard InChI is InChI=1S/C13H19NO3/c1-5-9(2)14-13(15)11-8-10(16-3)6-7-12(11)17-4/h6-9H,5H2,1-4H3,(H,14,15). The number of amides is 1. The van der Waals surface area contributed by atoms with Crippen molar-refractivity contribution in [2.45, 2.75) is 26.3 Å². The van der Waals surface area contributed by atoms with Crippen molar-refractivity contribution in [2.24, 2.45) is 0 Å². The van der Waals surface area contributed by atoms with E-state index in [0.717, 1.165) is 6.42 Å². The fraction of sp³-hybridized carbons (Fsp3) is 0.462. The molecular formula is C13H19NO3. The molecule has 0 radical (unpaired) electrons. The Kier molecular flexibility index (Phi) is 4.82. The van der Waals surface area contributed by atoms with Crippen LogP contribution in [0.25, 0.3) is 0 Å². The van der Waals surface area contributed by atoms with Gasteiger partial charge in [-0.25, -0.2) is 0 Å². The predicted octanol–water partition coefficient (Wildman–Crippen LogP) is 2.23. The average Bonchev–Trinajstić information content (AvgIpc) is 2.37. The van der Waals surface area contributed by atoms with E-state index in [-0.39, 0.29) is 11.9 Å². The van der Waals surface area contributed by atoms with E-state index in [9.17, 15) is 4.79 Å². The second-order valence-corrected chi connectivity index (χ2v) is 3.85. The molecule has 1 atom stereocenters. The van der Waals surface area contributed by atoms with E-state index in [0.29, 0.717) is 17.1 Å². The summed E-state index contributed by atoms with van der Waals surface area (Å²) in [4.78, 5) is 12.0. The highest BCUT2D eigenvalue weighted by Crippen LogP contribution is 2.23. The van der Waals surface area contributed by atoms with E-state index in [4.69, 9.17) is 9.47 Å². The minimum atomic E-state index is -0.143. The summed E-state index contributed by atoms with van der Waals surface area (Å²) in [7, 11) is 3.11. The fourth-order valence-electron chi connectivity index (χ4n) is 1.40. The maximum absolute atomic E-state index is 12.0. The lowest BCUT2D eigenvalue weighted by molar-refractivity contribution is 0.0936. The molecule has 1 amide bonds. The highest BCUT2D eigenvalue weighted by atomic mass is 16.5. The maximum atomic E-state index is 12.0. The van der Waals surface area contributed by atoms with Gasteiger partial charge in [0, 0.05) is 6.04 Å². The van der Waals surface area contributed by atoms with Gasteiger partial charge in [0.15, 0.2) is 0 Å². The van der Waals surface area contributed by atoms with Crippen LogP contribution in [0.3, 0.4) is 0 Å². The molecule has 0 aliphatic heterocycles. The summed E-state index contributed by atoms with van der Waals surface area (Å²) in [6.45, 7) is 3.98. The van der Waals surface area contributed by atoms with Crippen LogP contribution in [0.1, 0.15) is 30.6 Å². The van der Waals surface area contributed by atoms with Crippen molar-refractivity contribution in [1.29, 1.82) is 0 Å². The third-order valence-corrected chi connectivity index (χ3v) is 2.64. The Hall–Kier alpha value is -1.71. The molecule has 0 fully saturated rings. The van der Waals surface area contributed by atoms with E-state index in [1.165, 1.54) is 0 Å². The molecule has 0 saturated carbocycles. The number of ether oxygens (including phenoxy) is 2. The van der Waals surface area contributed by atoms with E-state index in [1.54, 1.807) is 32.4 Å². The molecule has 1 N–H and O–H groups in total. The second-order valence-electron chi connectivity index (χ2n) is 3.85. The van der Waals surface area contributed by atoms with Crippen molar-refractivity contribution in [1.82, 2.24) is 5.32 Å². The molecule has 4 nitrogen and oxygen atoms in total. The zero-order valence-corrected chi connectivity index (χ0v) is 10.7. The fourth-order valence-corrected chi connectivity index (χ4v) is 1.40. The van der Waals surface area contributed by atoms with Gasteiger partial charge >= 0.3 is 0 Å². The number of methoxy groups -OCH3 is 2. The van der Waals surface area contributed by atoms with Gasteiger partial charge in [0.25, 0.3) is 5.91 Å². The Balaban J connectivity index is 2.97. The summed E-state index contributed by atoms with van der Waals surface area (Å²) >= 11 is 0. The molecule has 94 valence electrons. The first kappa shape index (κ1) is 13.4. The molecule has 0 spiro atoms. The Morgan fingerprint density at radius 2 is 2.06 bits per heavy atom. The molecule has 1 rings (SSSR count). The van der Waals surface area contributed by atoms with E-state index in [1.807, 2.05) is 13.8 Å². The molecule has 0 aliphatic carbocycles. The summed E-state index contributed by atoms with van der Waals surface area (Å²) in [5.74, 6) is 1.04. The van der Waals surface area contributed by atoms with Gasteiger partial charge < -0.3 is 14.8 Å². The highest BCUT2D eigenvalue weighted by Gasteiger charge is 2.14. The first-order valence-electron chi connectivity index (χ1n) is 5.65. The number of carbonyl (C=O) groups excluding carboxylic acids is 1. The highest BCUT2D eigenvalue weighted by molar-refractivity contribution is 5.97. The third-order valence-electron chi connectivity index (χ3n) is 2.64. The first-order valence-corrected chi connectivity index (χ1v) is 5.65. The van der Waals surface area contributed by atoms with Gasteiger partial charge in [-0.2, -0.15) is 0 Å². The largest absolute Gasteiger partial charge is 0.497 e. The first-order chi connectivity index (χ1) is 8.12. The van der Waals surface area contributed by atoms with E-state index < -0.39 is 0 Å². The summed E-state index contributed by atoms with van der Waals surface area (Å²) in [5.41, 5.74) is 0.493. The van der Waals surface area contributed by atoms with Gasteiger partial charge in [0.05, 0.1) is 19.8 Å². The third kappa shape index (κ3) is 3.37. The van der Waals surface area contributed by atoms with Crippen LogP contribution in [0.4, 0.5) is 0 Å². The Morgan fingerprint density at radius 3 is 2.59 bits per heavy atom. The van der Waals surface area contributed by atoms with Crippen molar-refractivity contribution in [3.63, 3.8) is 0 Å². The molecule has 0 saturated heterocycles. The topological polar surface area (TPSA) is 47.6 Å². The zero-order chi connectivity index (χ0) is 12.8. The molecule has 1 aromatic carbocycles. The minimum Gasteiger partial charge on any atom is -0.497 e. The van der Waals surface area contributed by atoms with Crippen molar-refractivity contribution in [3.05, 3.63) is 23.8 Å². The van der Waals surface area contributed by atoms with Crippen molar-refractivity contribution < 1.29 is 14.3 Å². The van der Waals surface area contributed by atoms with Gasteiger partial charge in [0.1, 0.15) is 11.5 Å². The molecule has 0 heterocycles. The molecule has 0 bridgehead atoms. The van der Waals surface area contributed by atoms with Gasteiger partial charge in [-0.3, -0.25) is 4.79 Å². The lowest BCUT2D eigenvalue weighted by Gasteiger charge is -2.14. The van der Waals surface area contributed by atoms with Crippen LogP contribution in [0, 0.1) is 0 Å². The Morgan fingerprint density at radius 1 is 1.35 bits per heavy atom. The Labute approximate surface area is 102 Å². The summed E-state index contributed by atoms with van der Waals surface area (Å²) in [6.07, 6.45) is 0.887. The zero-order valence-electron chi connectivity index (χ0n) is 10.7. The monoisotopic (exact) mass is 237 g/mol. The predicted molar refractivity (Wildman–Crippen MR) is 66.8 cm³/mol. The lowest BCUT2D eigenvalue weighted by Crippen LogP contribution is -2.32. The van der Waals surface area contributed by atoms with Crippen LogP contribution in [-0.4, -0.2) is 26.2 Å². The summed E-state index contributed by atoms with van der Waals surface area (Å²) in [6, 6.07) is 5.30. The molecule has 4 heteroatoms. The average molecular weight is 237 g/mol. The van der Waals surface area contributed by atoms with Crippen molar-refractivity contribution in [3.8, 4) is 11.5 Å². The molecule has 1 unspecified atom stereocenters. The lowest BCUT2D eigenvalue weighted by atomic mass is 10.1. The van der Waals surface area contributed by atoms with Gasteiger partial charge in [-0.05, 0) is 31.5 Å². The number of hydrogen-bond donors (Lipinski definition) is 1. The number of rotatable bonds is 5.